The molecule has 0 aliphatic carbocycles. The van der Waals surface area contributed by atoms with E-state index in [0.717, 1.165) is 16.5 Å². The molecule has 2 aromatic rings. The molecule has 0 fully saturated rings. The van der Waals surface area contributed by atoms with E-state index in [1.807, 2.05) is 29.9 Å². The Morgan fingerprint density at radius 2 is 2.22 bits per heavy atom. The lowest BCUT2D eigenvalue weighted by Gasteiger charge is -2.04. The molecule has 0 aliphatic rings. The first kappa shape index (κ1) is 12.8. The standard InChI is InChI=1S/C13H14ClNO3/c1-15-7-8(3-4-13(16)17)9-5-12(18-2)10(14)6-11(9)15/h5-7H,3-4H2,1-2H3,(H,16,17). The maximum Gasteiger partial charge on any atom is 0.303 e. The van der Waals surface area contributed by atoms with Crippen molar-refractivity contribution in [3.05, 3.63) is 28.9 Å². The molecular weight excluding hydrogens is 254 g/mol. The van der Waals surface area contributed by atoms with E-state index in [-0.39, 0.29) is 6.42 Å². The van der Waals surface area contributed by atoms with Crippen molar-refractivity contribution in [1.29, 1.82) is 0 Å². The van der Waals surface area contributed by atoms with Crippen LogP contribution in [-0.2, 0) is 18.3 Å². The van der Waals surface area contributed by atoms with Crippen LogP contribution in [0.15, 0.2) is 18.3 Å². The van der Waals surface area contributed by atoms with Crippen LogP contribution in [0, 0.1) is 0 Å². The van der Waals surface area contributed by atoms with Crippen LogP contribution in [0.4, 0.5) is 0 Å². The molecule has 0 saturated carbocycles. The lowest BCUT2D eigenvalue weighted by molar-refractivity contribution is -0.136. The second-order valence-corrected chi connectivity index (χ2v) is 4.57. The van der Waals surface area contributed by atoms with Crippen molar-refractivity contribution >= 4 is 28.5 Å². The number of rotatable bonds is 4. The number of carboxylic acids is 1. The maximum absolute atomic E-state index is 10.6. The zero-order valence-electron chi connectivity index (χ0n) is 10.2. The summed E-state index contributed by atoms with van der Waals surface area (Å²) in [6.07, 6.45) is 2.55. The number of hydrogen-bond donors (Lipinski definition) is 1. The zero-order chi connectivity index (χ0) is 13.3. The van der Waals surface area contributed by atoms with E-state index >= 15 is 0 Å². The molecule has 2 rings (SSSR count). The summed E-state index contributed by atoms with van der Waals surface area (Å²) in [5.74, 6) is -0.195. The minimum absolute atomic E-state index is 0.115. The second kappa shape index (κ2) is 4.90. The van der Waals surface area contributed by atoms with E-state index in [2.05, 4.69) is 0 Å². The molecule has 0 amide bonds. The number of ether oxygens (including phenoxy) is 1. The topological polar surface area (TPSA) is 51.5 Å². The molecule has 0 radical (unpaired) electrons. The van der Waals surface area contributed by atoms with Crippen molar-refractivity contribution in [3.8, 4) is 5.75 Å². The summed E-state index contributed by atoms with van der Waals surface area (Å²) in [6, 6.07) is 3.69. The summed E-state index contributed by atoms with van der Waals surface area (Å²) >= 11 is 6.08. The average Bonchev–Trinajstić information content (AvgIpc) is 2.62. The average molecular weight is 268 g/mol. The lowest BCUT2D eigenvalue weighted by Crippen LogP contribution is -1.96. The fourth-order valence-electron chi connectivity index (χ4n) is 2.06. The molecule has 0 aliphatic heterocycles. The molecule has 1 heterocycles. The highest BCUT2D eigenvalue weighted by molar-refractivity contribution is 6.32. The predicted molar refractivity (Wildman–Crippen MR) is 70.4 cm³/mol. The SMILES string of the molecule is COc1cc2c(CCC(=O)O)cn(C)c2cc1Cl. The Kier molecular flexibility index (Phi) is 3.48. The Morgan fingerprint density at radius 3 is 2.83 bits per heavy atom. The van der Waals surface area contributed by atoms with Gasteiger partial charge < -0.3 is 14.4 Å². The third-order valence-electron chi connectivity index (χ3n) is 2.95. The van der Waals surface area contributed by atoms with Gasteiger partial charge in [0.2, 0.25) is 0 Å². The summed E-state index contributed by atoms with van der Waals surface area (Å²) in [7, 11) is 3.47. The molecule has 0 atom stereocenters. The molecule has 0 bridgehead atoms. The van der Waals surface area contributed by atoms with E-state index in [4.69, 9.17) is 21.4 Å². The van der Waals surface area contributed by atoms with Crippen LogP contribution < -0.4 is 4.74 Å². The van der Waals surface area contributed by atoms with Gasteiger partial charge in [-0.1, -0.05) is 11.6 Å². The van der Waals surface area contributed by atoms with Gasteiger partial charge in [-0.25, -0.2) is 0 Å². The third-order valence-corrected chi connectivity index (χ3v) is 3.25. The van der Waals surface area contributed by atoms with Crippen LogP contribution in [0.2, 0.25) is 5.02 Å². The molecule has 0 spiro atoms. The van der Waals surface area contributed by atoms with E-state index in [1.54, 1.807) is 7.11 Å². The van der Waals surface area contributed by atoms with E-state index < -0.39 is 5.97 Å². The van der Waals surface area contributed by atoms with Crippen LogP contribution in [0.5, 0.6) is 5.75 Å². The fourth-order valence-corrected chi connectivity index (χ4v) is 2.30. The smallest absolute Gasteiger partial charge is 0.303 e. The van der Waals surface area contributed by atoms with E-state index in [0.29, 0.717) is 17.2 Å². The van der Waals surface area contributed by atoms with Crippen LogP contribution in [0.3, 0.4) is 0 Å². The van der Waals surface area contributed by atoms with Crippen molar-refractivity contribution < 1.29 is 14.6 Å². The van der Waals surface area contributed by atoms with Crippen LogP contribution >= 0.6 is 11.6 Å². The monoisotopic (exact) mass is 267 g/mol. The minimum Gasteiger partial charge on any atom is -0.495 e. The van der Waals surface area contributed by atoms with Crippen molar-refractivity contribution in [1.82, 2.24) is 4.57 Å². The number of methoxy groups -OCH3 is 1. The quantitative estimate of drug-likeness (QED) is 0.927. The number of fused-ring (bicyclic) bond motifs is 1. The molecule has 18 heavy (non-hydrogen) atoms. The first-order valence-electron chi connectivity index (χ1n) is 5.56. The highest BCUT2D eigenvalue weighted by Gasteiger charge is 2.12. The van der Waals surface area contributed by atoms with Gasteiger partial charge in [0.1, 0.15) is 5.75 Å². The van der Waals surface area contributed by atoms with E-state index in [9.17, 15) is 4.79 Å². The largest absolute Gasteiger partial charge is 0.495 e. The van der Waals surface area contributed by atoms with Crippen LogP contribution in [-0.4, -0.2) is 22.8 Å². The molecule has 96 valence electrons. The van der Waals surface area contributed by atoms with Gasteiger partial charge >= 0.3 is 5.97 Å². The summed E-state index contributed by atoms with van der Waals surface area (Å²) in [4.78, 5) is 10.6. The summed E-state index contributed by atoms with van der Waals surface area (Å²) in [5, 5.41) is 10.3. The van der Waals surface area contributed by atoms with Gasteiger partial charge in [-0.15, -0.1) is 0 Å². The van der Waals surface area contributed by atoms with Crippen LogP contribution in [0.25, 0.3) is 10.9 Å². The normalized spacial score (nSPS) is 10.8. The van der Waals surface area contributed by atoms with Crippen molar-refractivity contribution in [2.45, 2.75) is 12.8 Å². The van der Waals surface area contributed by atoms with Crippen molar-refractivity contribution in [2.75, 3.05) is 7.11 Å². The number of nitrogens with zero attached hydrogens (tertiary/aromatic N) is 1. The summed E-state index contributed by atoms with van der Waals surface area (Å²) in [6.45, 7) is 0. The van der Waals surface area contributed by atoms with Gasteiger partial charge in [0.05, 0.1) is 12.1 Å². The number of carbonyl (C=O) groups is 1. The van der Waals surface area contributed by atoms with Gasteiger partial charge in [0.25, 0.3) is 0 Å². The Labute approximate surface area is 110 Å². The Morgan fingerprint density at radius 1 is 1.50 bits per heavy atom. The zero-order valence-corrected chi connectivity index (χ0v) is 11.0. The van der Waals surface area contributed by atoms with E-state index in [1.165, 1.54) is 0 Å². The Bertz CT molecular complexity index is 604. The van der Waals surface area contributed by atoms with Crippen molar-refractivity contribution in [3.63, 3.8) is 0 Å². The maximum atomic E-state index is 10.6. The first-order valence-corrected chi connectivity index (χ1v) is 5.94. The number of hydrogen-bond acceptors (Lipinski definition) is 2. The molecule has 1 aromatic carbocycles. The Hall–Kier alpha value is -1.68. The first-order chi connectivity index (χ1) is 8.52. The van der Waals surface area contributed by atoms with Crippen molar-refractivity contribution in [2.24, 2.45) is 7.05 Å². The molecule has 0 saturated heterocycles. The molecule has 4 nitrogen and oxygen atoms in total. The summed E-state index contributed by atoms with van der Waals surface area (Å²) < 4.78 is 7.13. The second-order valence-electron chi connectivity index (χ2n) is 4.16. The van der Waals surface area contributed by atoms with Gasteiger partial charge in [-0.2, -0.15) is 0 Å². The van der Waals surface area contributed by atoms with Gasteiger partial charge in [-0.05, 0) is 24.1 Å². The predicted octanol–water partition coefficient (Wildman–Crippen LogP) is 2.86. The lowest BCUT2D eigenvalue weighted by atomic mass is 10.1. The Balaban J connectivity index is 2.51. The molecule has 5 heteroatoms. The molecular formula is C13H14ClNO3. The molecule has 1 aromatic heterocycles. The van der Waals surface area contributed by atoms with Gasteiger partial charge in [0, 0.05) is 30.6 Å². The van der Waals surface area contributed by atoms with Crippen LogP contribution in [0.1, 0.15) is 12.0 Å². The number of benzene rings is 1. The van der Waals surface area contributed by atoms with Gasteiger partial charge in [-0.3, -0.25) is 4.79 Å². The number of halogens is 1. The van der Waals surface area contributed by atoms with Gasteiger partial charge in [0.15, 0.2) is 0 Å². The minimum atomic E-state index is -0.798. The molecule has 1 N–H and O–H groups in total. The number of aromatic nitrogens is 1. The highest BCUT2D eigenvalue weighted by atomic mass is 35.5. The number of aryl methyl sites for hydroxylation is 2. The third kappa shape index (κ3) is 2.29. The molecule has 0 unspecified atom stereocenters. The fraction of sp³-hybridized carbons (Fsp3) is 0.308. The highest BCUT2D eigenvalue weighted by Crippen LogP contribution is 2.32. The number of carboxylic acid groups (broad SMARTS) is 1. The number of aliphatic carboxylic acids is 1. The summed E-state index contributed by atoms with van der Waals surface area (Å²) in [5.41, 5.74) is 1.96.